The van der Waals surface area contributed by atoms with Crippen molar-refractivity contribution >= 4 is 0 Å². The lowest BCUT2D eigenvalue weighted by Gasteiger charge is -2.29. The third-order valence-electron chi connectivity index (χ3n) is 3.30. The molecule has 2 rings (SSSR count). The van der Waals surface area contributed by atoms with E-state index in [1.54, 1.807) is 7.11 Å². The van der Waals surface area contributed by atoms with Crippen LogP contribution in [0.2, 0.25) is 0 Å². The molecule has 0 radical (unpaired) electrons. The number of rotatable bonds is 5. The van der Waals surface area contributed by atoms with E-state index in [1.165, 1.54) is 5.56 Å². The number of ether oxygens (including phenoxy) is 2. The van der Waals surface area contributed by atoms with Gasteiger partial charge in [0.15, 0.2) is 0 Å². The van der Waals surface area contributed by atoms with E-state index in [-0.39, 0.29) is 0 Å². The Morgan fingerprint density at radius 2 is 2.28 bits per heavy atom. The van der Waals surface area contributed by atoms with E-state index in [0.29, 0.717) is 6.04 Å². The summed E-state index contributed by atoms with van der Waals surface area (Å²) >= 11 is 0. The second-order valence-corrected chi connectivity index (χ2v) is 4.59. The maximum atomic E-state index is 5.78. The summed E-state index contributed by atoms with van der Waals surface area (Å²) in [5.41, 5.74) is 1.26. The number of hydrogen-bond acceptors (Lipinski definition) is 4. The first-order chi connectivity index (χ1) is 8.85. The molecule has 1 atom stereocenters. The van der Waals surface area contributed by atoms with Crippen molar-refractivity contribution in [1.29, 1.82) is 0 Å². The summed E-state index contributed by atoms with van der Waals surface area (Å²) in [5, 5.41) is 3.23. The molecule has 18 heavy (non-hydrogen) atoms. The summed E-state index contributed by atoms with van der Waals surface area (Å²) in [6, 6.07) is 8.65. The maximum absolute atomic E-state index is 5.78. The molecule has 4 heteroatoms. The highest BCUT2D eigenvalue weighted by Gasteiger charge is 2.21. The van der Waals surface area contributed by atoms with Crippen LogP contribution in [0.5, 0.6) is 5.75 Å². The van der Waals surface area contributed by atoms with Gasteiger partial charge in [0.2, 0.25) is 0 Å². The molecule has 0 amide bonds. The third-order valence-corrected chi connectivity index (χ3v) is 3.30. The fourth-order valence-corrected chi connectivity index (χ4v) is 2.38. The van der Waals surface area contributed by atoms with Crippen molar-refractivity contribution in [2.24, 2.45) is 0 Å². The molecule has 0 saturated heterocycles. The van der Waals surface area contributed by atoms with Crippen molar-refractivity contribution in [2.45, 2.75) is 12.6 Å². The first kappa shape index (κ1) is 13.3. The lowest BCUT2D eigenvalue weighted by atomic mass is 10.1. The summed E-state index contributed by atoms with van der Waals surface area (Å²) < 4.78 is 11.1. The second-order valence-electron chi connectivity index (χ2n) is 4.59. The van der Waals surface area contributed by atoms with E-state index >= 15 is 0 Å². The van der Waals surface area contributed by atoms with Gasteiger partial charge in [-0.3, -0.25) is 4.90 Å². The standard InChI is InChI=1S/C14H22N2O2/c1-15-9-13(11-17-2)16-7-8-18-14-6-4-3-5-12(14)10-16/h3-6,13,15H,7-11H2,1-2H3. The molecule has 1 aliphatic rings. The molecule has 4 nitrogen and oxygen atoms in total. The van der Waals surface area contributed by atoms with Gasteiger partial charge in [-0.2, -0.15) is 0 Å². The van der Waals surface area contributed by atoms with Gasteiger partial charge in [0.25, 0.3) is 0 Å². The average Bonchev–Trinajstić information content (AvgIpc) is 2.60. The molecule has 0 bridgehead atoms. The molecule has 0 aliphatic carbocycles. The highest BCUT2D eigenvalue weighted by atomic mass is 16.5. The summed E-state index contributed by atoms with van der Waals surface area (Å²) in [5.74, 6) is 1.01. The molecule has 1 aromatic rings. The molecule has 1 N–H and O–H groups in total. The number of methoxy groups -OCH3 is 1. The van der Waals surface area contributed by atoms with Gasteiger partial charge in [-0.15, -0.1) is 0 Å². The minimum absolute atomic E-state index is 0.384. The smallest absolute Gasteiger partial charge is 0.123 e. The molecule has 0 spiro atoms. The van der Waals surface area contributed by atoms with Crippen LogP contribution in [-0.4, -0.2) is 51.4 Å². The zero-order valence-corrected chi connectivity index (χ0v) is 11.2. The fraction of sp³-hybridized carbons (Fsp3) is 0.571. The highest BCUT2D eigenvalue weighted by molar-refractivity contribution is 5.33. The van der Waals surface area contributed by atoms with Gasteiger partial charge in [-0.1, -0.05) is 18.2 Å². The molecule has 1 aromatic carbocycles. The Hall–Kier alpha value is -1.10. The Kier molecular flexibility index (Phi) is 4.99. The molecular formula is C14H22N2O2. The largest absolute Gasteiger partial charge is 0.492 e. The van der Waals surface area contributed by atoms with Crippen LogP contribution in [0.15, 0.2) is 24.3 Å². The first-order valence-corrected chi connectivity index (χ1v) is 6.43. The lowest BCUT2D eigenvalue weighted by Crippen LogP contribution is -2.45. The van der Waals surface area contributed by atoms with Crippen LogP contribution >= 0.6 is 0 Å². The number of likely N-dealkylation sites (N-methyl/N-ethyl adjacent to an activating group) is 1. The summed E-state index contributed by atoms with van der Waals surface area (Å²) in [7, 11) is 3.73. The molecular weight excluding hydrogens is 228 g/mol. The molecule has 0 saturated carbocycles. The zero-order valence-electron chi connectivity index (χ0n) is 11.2. The van der Waals surface area contributed by atoms with Gasteiger partial charge in [0.05, 0.1) is 6.61 Å². The Bertz CT molecular complexity index is 365. The van der Waals surface area contributed by atoms with Crippen LogP contribution in [0.4, 0.5) is 0 Å². The first-order valence-electron chi connectivity index (χ1n) is 6.43. The summed E-state index contributed by atoms with van der Waals surface area (Å²) in [6.45, 7) is 4.26. The number of benzene rings is 1. The van der Waals surface area contributed by atoms with E-state index in [0.717, 1.165) is 38.6 Å². The zero-order chi connectivity index (χ0) is 12.8. The van der Waals surface area contributed by atoms with E-state index in [2.05, 4.69) is 22.3 Å². The Labute approximate surface area is 109 Å². The van der Waals surface area contributed by atoms with Crippen molar-refractivity contribution in [3.8, 4) is 5.75 Å². The number of fused-ring (bicyclic) bond motifs is 1. The minimum atomic E-state index is 0.384. The number of nitrogens with one attached hydrogen (secondary N) is 1. The van der Waals surface area contributed by atoms with E-state index in [1.807, 2.05) is 19.2 Å². The van der Waals surface area contributed by atoms with E-state index in [4.69, 9.17) is 9.47 Å². The average molecular weight is 250 g/mol. The van der Waals surface area contributed by atoms with Gasteiger partial charge in [-0.25, -0.2) is 0 Å². The van der Waals surface area contributed by atoms with Crippen molar-refractivity contribution in [3.05, 3.63) is 29.8 Å². The van der Waals surface area contributed by atoms with Crippen LogP contribution < -0.4 is 10.1 Å². The maximum Gasteiger partial charge on any atom is 0.123 e. The summed E-state index contributed by atoms with van der Waals surface area (Å²) in [4.78, 5) is 2.42. The van der Waals surface area contributed by atoms with Crippen LogP contribution in [-0.2, 0) is 11.3 Å². The van der Waals surface area contributed by atoms with Crippen LogP contribution in [0, 0.1) is 0 Å². The lowest BCUT2D eigenvalue weighted by molar-refractivity contribution is 0.0813. The second kappa shape index (κ2) is 6.73. The highest BCUT2D eigenvalue weighted by Crippen LogP contribution is 2.23. The van der Waals surface area contributed by atoms with Gasteiger partial charge in [0.1, 0.15) is 12.4 Å². The predicted octanol–water partition coefficient (Wildman–Crippen LogP) is 1.12. The van der Waals surface area contributed by atoms with Crippen LogP contribution in [0.25, 0.3) is 0 Å². The molecule has 1 aliphatic heterocycles. The van der Waals surface area contributed by atoms with Crippen LogP contribution in [0.3, 0.4) is 0 Å². The topological polar surface area (TPSA) is 33.7 Å². The van der Waals surface area contributed by atoms with Gasteiger partial charge < -0.3 is 14.8 Å². The Balaban J connectivity index is 2.10. The number of para-hydroxylation sites is 1. The van der Waals surface area contributed by atoms with Crippen LogP contribution in [0.1, 0.15) is 5.56 Å². The third kappa shape index (κ3) is 3.22. The molecule has 1 heterocycles. The fourth-order valence-electron chi connectivity index (χ4n) is 2.38. The molecule has 0 aromatic heterocycles. The summed E-state index contributed by atoms with van der Waals surface area (Å²) in [6.07, 6.45) is 0. The van der Waals surface area contributed by atoms with Crippen molar-refractivity contribution < 1.29 is 9.47 Å². The van der Waals surface area contributed by atoms with Crippen molar-refractivity contribution in [2.75, 3.05) is 40.5 Å². The SMILES string of the molecule is CNCC(COC)N1CCOc2ccccc2C1. The van der Waals surface area contributed by atoms with Crippen molar-refractivity contribution in [1.82, 2.24) is 10.2 Å². The van der Waals surface area contributed by atoms with Crippen molar-refractivity contribution in [3.63, 3.8) is 0 Å². The predicted molar refractivity (Wildman–Crippen MR) is 71.9 cm³/mol. The van der Waals surface area contributed by atoms with Gasteiger partial charge >= 0.3 is 0 Å². The Morgan fingerprint density at radius 1 is 1.44 bits per heavy atom. The quantitative estimate of drug-likeness (QED) is 0.849. The monoisotopic (exact) mass is 250 g/mol. The van der Waals surface area contributed by atoms with Gasteiger partial charge in [-0.05, 0) is 13.1 Å². The minimum Gasteiger partial charge on any atom is -0.492 e. The normalized spacial score (nSPS) is 17.7. The number of hydrogen-bond donors (Lipinski definition) is 1. The Morgan fingerprint density at radius 3 is 3.06 bits per heavy atom. The van der Waals surface area contributed by atoms with Gasteiger partial charge in [0, 0.05) is 38.3 Å². The number of nitrogens with zero attached hydrogens (tertiary/aromatic N) is 1. The van der Waals surface area contributed by atoms with E-state index < -0.39 is 0 Å². The molecule has 100 valence electrons. The van der Waals surface area contributed by atoms with E-state index in [9.17, 15) is 0 Å². The molecule has 1 unspecified atom stereocenters. The molecule has 0 fully saturated rings.